The summed E-state index contributed by atoms with van der Waals surface area (Å²) in [5.74, 6) is -0.885. The number of carbonyl (C=O) groups excluding carboxylic acids is 1. The lowest BCUT2D eigenvalue weighted by molar-refractivity contribution is 0.101. The molecule has 0 saturated carbocycles. The highest BCUT2D eigenvalue weighted by atomic mass is 19.1. The summed E-state index contributed by atoms with van der Waals surface area (Å²) in [6.07, 6.45) is 2.80. The first kappa shape index (κ1) is 12.2. The van der Waals surface area contributed by atoms with E-state index in [1.165, 1.54) is 36.3 Å². The number of hydrogen-bond acceptors (Lipinski definition) is 4. The Kier molecular flexibility index (Phi) is 3.36. The summed E-state index contributed by atoms with van der Waals surface area (Å²) < 4.78 is 20.1. The predicted octanol–water partition coefficient (Wildman–Crippen LogP) is 1.68. The maximum atomic E-state index is 13.5. The van der Waals surface area contributed by atoms with E-state index in [4.69, 9.17) is 4.74 Å². The third-order valence-electron chi connectivity index (χ3n) is 2.51. The number of ketones is 1. The van der Waals surface area contributed by atoms with Gasteiger partial charge in [-0.05, 0) is 19.1 Å². The summed E-state index contributed by atoms with van der Waals surface area (Å²) in [6, 6.07) is 2.62. The smallest absolute Gasteiger partial charge is 0.236 e. The Balaban J connectivity index is 2.52. The van der Waals surface area contributed by atoms with Crippen LogP contribution in [0.4, 0.5) is 4.39 Å². The summed E-state index contributed by atoms with van der Waals surface area (Å²) in [5.41, 5.74) is -0.0244. The van der Waals surface area contributed by atoms with Crippen LogP contribution >= 0.6 is 0 Å². The van der Waals surface area contributed by atoms with Crippen LogP contribution in [0.1, 0.15) is 23.1 Å². The van der Waals surface area contributed by atoms with Crippen molar-refractivity contribution >= 4 is 5.78 Å². The fourth-order valence-corrected chi connectivity index (χ4v) is 1.65. The van der Waals surface area contributed by atoms with Crippen molar-refractivity contribution in [2.75, 3.05) is 7.11 Å². The molecule has 18 heavy (non-hydrogen) atoms. The molecule has 0 spiro atoms. The zero-order valence-electron chi connectivity index (χ0n) is 10.1. The molecule has 0 aromatic carbocycles. The van der Waals surface area contributed by atoms with Crippen molar-refractivity contribution in [3.63, 3.8) is 0 Å². The number of pyridine rings is 1. The molecule has 0 unspecified atom stereocenters. The van der Waals surface area contributed by atoms with Gasteiger partial charge < -0.3 is 4.74 Å². The third-order valence-corrected chi connectivity index (χ3v) is 2.51. The van der Waals surface area contributed by atoms with Crippen LogP contribution in [0.25, 0.3) is 0 Å². The summed E-state index contributed by atoms with van der Waals surface area (Å²) in [4.78, 5) is 16.0. The van der Waals surface area contributed by atoms with E-state index < -0.39 is 11.6 Å². The lowest BCUT2D eigenvalue weighted by atomic mass is 10.1. The molecule has 0 saturated heterocycles. The summed E-state index contributed by atoms with van der Waals surface area (Å²) in [5, 5.41) is 4.00. The average molecular weight is 249 g/mol. The van der Waals surface area contributed by atoms with Crippen molar-refractivity contribution in [3.05, 3.63) is 41.7 Å². The van der Waals surface area contributed by atoms with E-state index in [1.807, 2.05) is 6.92 Å². The molecule has 0 aliphatic carbocycles. The Morgan fingerprint density at radius 2 is 2.33 bits per heavy atom. The van der Waals surface area contributed by atoms with Crippen molar-refractivity contribution in [1.29, 1.82) is 0 Å². The van der Waals surface area contributed by atoms with Gasteiger partial charge in [0, 0.05) is 12.7 Å². The Labute approximate surface area is 103 Å². The normalized spacial score (nSPS) is 10.4. The van der Waals surface area contributed by atoms with E-state index in [2.05, 4.69) is 10.1 Å². The highest BCUT2D eigenvalue weighted by Gasteiger charge is 2.23. The highest BCUT2D eigenvalue weighted by molar-refractivity contribution is 6.08. The van der Waals surface area contributed by atoms with Gasteiger partial charge in [-0.3, -0.25) is 9.48 Å². The number of hydrogen-bond donors (Lipinski definition) is 0. The largest absolute Gasteiger partial charge is 0.493 e. The van der Waals surface area contributed by atoms with Crippen LogP contribution in [0.3, 0.4) is 0 Å². The molecule has 5 nitrogen and oxygen atoms in total. The molecule has 2 aromatic rings. The van der Waals surface area contributed by atoms with E-state index in [1.54, 1.807) is 0 Å². The molecule has 0 atom stereocenters. The molecular formula is C12H12FN3O2. The fourth-order valence-electron chi connectivity index (χ4n) is 1.65. The Bertz CT molecular complexity index is 559. The average Bonchev–Trinajstić information content (AvgIpc) is 2.81. The van der Waals surface area contributed by atoms with Crippen LogP contribution in [0.5, 0.6) is 5.75 Å². The lowest BCUT2D eigenvalue weighted by Gasteiger charge is -2.06. The number of carbonyl (C=O) groups is 1. The van der Waals surface area contributed by atoms with Crippen LogP contribution in [0.2, 0.25) is 0 Å². The van der Waals surface area contributed by atoms with Gasteiger partial charge in [-0.25, -0.2) is 9.37 Å². The molecule has 0 bridgehead atoms. The van der Waals surface area contributed by atoms with Crippen LogP contribution in [-0.2, 0) is 6.54 Å². The second-order valence-corrected chi connectivity index (χ2v) is 3.54. The van der Waals surface area contributed by atoms with Crippen molar-refractivity contribution in [2.45, 2.75) is 13.5 Å². The molecule has 2 rings (SSSR count). The van der Waals surface area contributed by atoms with Crippen LogP contribution in [0, 0.1) is 5.82 Å². The van der Waals surface area contributed by atoms with E-state index in [0.717, 1.165) is 0 Å². The van der Waals surface area contributed by atoms with E-state index >= 15 is 0 Å². The number of aryl methyl sites for hydroxylation is 1. The van der Waals surface area contributed by atoms with Gasteiger partial charge in [0.05, 0.1) is 13.3 Å². The van der Waals surface area contributed by atoms with Crippen molar-refractivity contribution in [3.8, 4) is 5.75 Å². The van der Waals surface area contributed by atoms with Gasteiger partial charge in [0.25, 0.3) is 0 Å². The van der Waals surface area contributed by atoms with Gasteiger partial charge >= 0.3 is 0 Å². The molecule has 6 heteroatoms. The Morgan fingerprint density at radius 1 is 1.56 bits per heavy atom. The van der Waals surface area contributed by atoms with Gasteiger partial charge in [-0.15, -0.1) is 0 Å². The number of ether oxygens (including phenoxy) is 1. The van der Waals surface area contributed by atoms with Crippen LogP contribution in [0.15, 0.2) is 24.5 Å². The number of nitrogens with zero attached hydrogens (tertiary/aromatic N) is 3. The highest BCUT2D eigenvalue weighted by Crippen LogP contribution is 2.21. The monoisotopic (exact) mass is 249 g/mol. The molecule has 0 amide bonds. The molecule has 0 aliphatic rings. The standard InChI is InChI=1S/C12H12FN3O2/c1-3-16-11(9(18-2)7-15-16)12(17)10-8(13)5-4-6-14-10/h4-7H,3H2,1-2H3. The second kappa shape index (κ2) is 4.95. The zero-order chi connectivity index (χ0) is 13.1. The molecule has 2 aromatic heterocycles. The van der Waals surface area contributed by atoms with Gasteiger partial charge in [-0.2, -0.15) is 5.10 Å². The van der Waals surface area contributed by atoms with Crippen molar-refractivity contribution < 1.29 is 13.9 Å². The Hall–Kier alpha value is -2.24. The molecule has 0 fully saturated rings. The van der Waals surface area contributed by atoms with Gasteiger partial charge in [0.1, 0.15) is 5.69 Å². The summed E-state index contributed by atoms with van der Waals surface area (Å²) in [6.45, 7) is 2.32. The maximum absolute atomic E-state index is 13.5. The lowest BCUT2D eigenvalue weighted by Crippen LogP contribution is -2.14. The van der Waals surface area contributed by atoms with Gasteiger partial charge in [-0.1, -0.05) is 0 Å². The maximum Gasteiger partial charge on any atom is 0.236 e. The molecule has 0 N–H and O–H groups in total. The Morgan fingerprint density at radius 3 is 2.94 bits per heavy atom. The number of aromatic nitrogens is 3. The number of halogens is 1. The van der Waals surface area contributed by atoms with E-state index in [0.29, 0.717) is 12.3 Å². The number of rotatable bonds is 4. The fraction of sp³-hybridized carbons (Fsp3) is 0.250. The van der Waals surface area contributed by atoms with Crippen LogP contribution < -0.4 is 4.74 Å². The minimum Gasteiger partial charge on any atom is -0.493 e. The summed E-state index contributed by atoms with van der Waals surface area (Å²) in [7, 11) is 1.43. The quantitative estimate of drug-likeness (QED) is 0.773. The minimum atomic E-state index is -0.659. The van der Waals surface area contributed by atoms with Gasteiger partial charge in [0.15, 0.2) is 17.3 Å². The first-order chi connectivity index (χ1) is 8.69. The SMILES string of the molecule is CCn1ncc(OC)c1C(=O)c1ncccc1F. The van der Waals surface area contributed by atoms with Gasteiger partial charge in [0.2, 0.25) is 5.78 Å². The zero-order valence-corrected chi connectivity index (χ0v) is 10.1. The predicted molar refractivity (Wildman–Crippen MR) is 62.1 cm³/mol. The molecular weight excluding hydrogens is 237 g/mol. The topological polar surface area (TPSA) is 57.0 Å². The van der Waals surface area contributed by atoms with Crippen LogP contribution in [-0.4, -0.2) is 27.7 Å². The van der Waals surface area contributed by atoms with E-state index in [9.17, 15) is 9.18 Å². The first-order valence-corrected chi connectivity index (χ1v) is 5.44. The minimum absolute atomic E-state index is 0.206. The first-order valence-electron chi connectivity index (χ1n) is 5.44. The molecule has 94 valence electrons. The molecule has 0 radical (unpaired) electrons. The third kappa shape index (κ3) is 1.97. The van der Waals surface area contributed by atoms with Crippen molar-refractivity contribution in [2.24, 2.45) is 0 Å². The number of methoxy groups -OCH3 is 1. The molecule has 2 heterocycles. The summed E-state index contributed by atoms with van der Waals surface area (Å²) >= 11 is 0. The van der Waals surface area contributed by atoms with Crippen molar-refractivity contribution in [1.82, 2.24) is 14.8 Å². The van der Waals surface area contributed by atoms with E-state index in [-0.39, 0.29) is 11.4 Å². The second-order valence-electron chi connectivity index (χ2n) is 3.54. The molecule has 0 aliphatic heterocycles.